The van der Waals surface area contributed by atoms with Crippen LogP contribution >= 0.6 is 0 Å². The van der Waals surface area contributed by atoms with Crippen molar-refractivity contribution >= 4 is 11.4 Å². The second-order valence-electron chi connectivity index (χ2n) is 2.97. The Morgan fingerprint density at radius 3 is 2.86 bits per heavy atom. The summed E-state index contributed by atoms with van der Waals surface area (Å²) in [7, 11) is 0. The van der Waals surface area contributed by atoms with Crippen molar-refractivity contribution in [2.45, 2.75) is 6.92 Å². The molecule has 0 heterocycles. The van der Waals surface area contributed by atoms with Crippen LogP contribution in [0.1, 0.15) is 5.56 Å². The van der Waals surface area contributed by atoms with Gasteiger partial charge in [-0.3, -0.25) is 10.1 Å². The van der Waals surface area contributed by atoms with Gasteiger partial charge in [0.25, 0.3) is 5.69 Å². The standard InChI is InChI=1S/C9H13N3O2/c1-7-2-3-8(11-5-4-10)6-9(7)12(13)14/h2-3,6,11H,4-5,10H2,1H3. The quantitative estimate of drug-likeness (QED) is 0.560. The minimum absolute atomic E-state index is 0.132. The van der Waals surface area contributed by atoms with Gasteiger partial charge >= 0.3 is 0 Å². The van der Waals surface area contributed by atoms with Crippen LogP contribution in [0.5, 0.6) is 0 Å². The third-order valence-corrected chi connectivity index (χ3v) is 1.88. The first-order valence-corrected chi connectivity index (χ1v) is 4.34. The van der Waals surface area contributed by atoms with Crippen LogP contribution in [0.15, 0.2) is 18.2 Å². The minimum Gasteiger partial charge on any atom is -0.384 e. The fourth-order valence-electron chi connectivity index (χ4n) is 1.13. The number of nitro benzene ring substituents is 1. The zero-order chi connectivity index (χ0) is 10.6. The normalized spacial score (nSPS) is 9.86. The molecule has 0 unspecified atom stereocenters. The lowest BCUT2D eigenvalue weighted by Gasteiger charge is -2.05. The van der Waals surface area contributed by atoms with E-state index in [1.165, 1.54) is 6.07 Å². The number of hydrogen-bond donors (Lipinski definition) is 2. The van der Waals surface area contributed by atoms with Gasteiger partial charge in [-0.1, -0.05) is 6.07 Å². The Morgan fingerprint density at radius 1 is 1.57 bits per heavy atom. The molecule has 14 heavy (non-hydrogen) atoms. The van der Waals surface area contributed by atoms with E-state index in [0.29, 0.717) is 18.7 Å². The van der Waals surface area contributed by atoms with Crippen LogP contribution in [-0.2, 0) is 0 Å². The average molecular weight is 195 g/mol. The molecule has 5 heteroatoms. The fraction of sp³-hybridized carbons (Fsp3) is 0.333. The van der Waals surface area contributed by atoms with E-state index in [0.717, 1.165) is 5.69 Å². The molecule has 1 aromatic rings. The predicted molar refractivity (Wildman–Crippen MR) is 55.4 cm³/mol. The highest BCUT2D eigenvalue weighted by Gasteiger charge is 2.10. The number of nitrogens with two attached hydrogens (primary N) is 1. The first-order valence-electron chi connectivity index (χ1n) is 4.34. The molecule has 0 saturated carbocycles. The van der Waals surface area contributed by atoms with E-state index in [9.17, 15) is 10.1 Å². The monoisotopic (exact) mass is 195 g/mol. The van der Waals surface area contributed by atoms with Gasteiger partial charge in [0, 0.05) is 30.4 Å². The lowest BCUT2D eigenvalue weighted by Crippen LogP contribution is -2.13. The maximum absolute atomic E-state index is 10.6. The molecule has 0 bridgehead atoms. The Hall–Kier alpha value is -1.62. The van der Waals surface area contributed by atoms with E-state index < -0.39 is 0 Å². The molecular weight excluding hydrogens is 182 g/mol. The third-order valence-electron chi connectivity index (χ3n) is 1.88. The number of nitro groups is 1. The van der Waals surface area contributed by atoms with E-state index >= 15 is 0 Å². The summed E-state index contributed by atoms with van der Waals surface area (Å²) >= 11 is 0. The summed E-state index contributed by atoms with van der Waals surface area (Å²) in [5, 5.41) is 13.6. The van der Waals surface area contributed by atoms with Gasteiger partial charge < -0.3 is 11.1 Å². The zero-order valence-corrected chi connectivity index (χ0v) is 7.99. The Morgan fingerprint density at radius 2 is 2.29 bits per heavy atom. The van der Waals surface area contributed by atoms with E-state index in [1.807, 2.05) is 0 Å². The molecule has 1 rings (SSSR count). The van der Waals surface area contributed by atoms with Crippen LogP contribution in [-0.4, -0.2) is 18.0 Å². The molecule has 3 N–H and O–H groups in total. The Kier molecular flexibility index (Phi) is 3.41. The lowest BCUT2D eigenvalue weighted by atomic mass is 10.2. The number of anilines is 1. The molecule has 0 spiro atoms. The van der Waals surface area contributed by atoms with Crippen LogP contribution in [0.3, 0.4) is 0 Å². The number of aryl methyl sites for hydroxylation is 1. The minimum atomic E-state index is -0.386. The molecule has 0 amide bonds. The molecule has 5 nitrogen and oxygen atoms in total. The predicted octanol–water partition coefficient (Wildman–Crippen LogP) is 1.27. The Labute approximate surface area is 82.1 Å². The van der Waals surface area contributed by atoms with Crippen molar-refractivity contribution in [3.8, 4) is 0 Å². The van der Waals surface area contributed by atoms with Gasteiger partial charge in [0.2, 0.25) is 0 Å². The van der Waals surface area contributed by atoms with E-state index in [-0.39, 0.29) is 10.6 Å². The highest BCUT2D eigenvalue weighted by Crippen LogP contribution is 2.21. The summed E-state index contributed by atoms with van der Waals surface area (Å²) in [6.07, 6.45) is 0. The molecule has 0 aliphatic heterocycles. The zero-order valence-electron chi connectivity index (χ0n) is 7.99. The van der Waals surface area contributed by atoms with Gasteiger partial charge in [-0.2, -0.15) is 0 Å². The van der Waals surface area contributed by atoms with E-state index in [1.54, 1.807) is 19.1 Å². The highest BCUT2D eigenvalue weighted by atomic mass is 16.6. The van der Waals surface area contributed by atoms with Crippen molar-refractivity contribution in [3.63, 3.8) is 0 Å². The van der Waals surface area contributed by atoms with E-state index in [4.69, 9.17) is 5.73 Å². The second-order valence-corrected chi connectivity index (χ2v) is 2.97. The fourth-order valence-corrected chi connectivity index (χ4v) is 1.13. The largest absolute Gasteiger partial charge is 0.384 e. The number of rotatable bonds is 4. The summed E-state index contributed by atoms with van der Waals surface area (Å²) in [5.41, 5.74) is 6.83. The second kappa shape index (κ2) is 4.57. The van der Waals surface area contributed by atoms with Gasteiger partial charge in [0.15, 0.2) is 0 Å². The number of benzene rings is 1. The number of nitrogens with one attached hydrogen (secondary N) is 1. The summed E-state index contributed by atoms with van der Waals surface area (Å²) in [6, 6.07) is 5.04. The van der Waals surface area contributed by atoms with Gasteiger partial charge in [0.1, 0.15) is 0 Å². The van der Waals surface area contributed by atoms with Crippen molar-refractivity contribution in [2.24, 2.45) is 5.73 Å². The van der Waals surface area contributed by atoms with Crippen LogP contribution < -0.4 is 11.1 Å². The molecule has 0 saturated heterocycles. The van der Waals surface area contributed by atoms with Crippen molar-refractivity contribution in [1.29, 1.82) is 0 Å². The topological polar surface area (TPSA) is 81.2 Å². The van der Waals surface area contributed by atoms with Crippen molar-refractivity contribution in [3.05, 3.63) is 33.9 Å². The van der Waals surface area contributed by atoms with E-state index in [2.05, 4.69) is 5.32 Å². The summed E-state index contributed by atoms with van der Waals surface area (Å²) in [4.78, 5) is 10.2. The molecule has 0 fully saturated rings. The average Bonchev–Trinajstić information content (AvgIpc) is 2.16. The lowest BCUT2D eigenvalue weighted by molar-refractivity contribution is -0.385. The van der Waals surface area contributed by atoms with Gasteiger partial charge in [-0.05, 0) is 13.0 Å². The van der Waals surface area contributed by atoms with Gasteiger partial charge in [-0.25, -0.2) is 0 Å². The molecule has 0 atom stereocenters. The van der Waals surface area contributed by atoms with Crippen LogP contribution in [0.4, 0.5) is 11.4 Å². The van der Waals surface area contributed by atoms with Crippen molar-refractivity contribution in [1.82, 2.24) is 0 Å². The maximum Gasteiger partial charge on any atom is 0.274 e. The van der Waals surface area contributed by atoms with Gasteiger partial charge in [0.05, 0.1) is 4.92 Å². The summed E-state index contributed by atoms with van der Waals surface area (Å²) < 4.78 is 0. The van der Waals surface area contributed by atoms with Crippen molar-refractivity contribution in [2.75, 3.05) is 18.4 Å². The van der Waals surface area contributed by atoms with Crippen molar-refractivity contribution < 1.29 is 4.92 Å². The molecule has 0 aromatic heterocycles. The summed E-state index contributed by atoms with van der Waals surface area (Å²) in [5.74, 6) is 0. The molecule has 76 valence electrons. The first kappa shape index (κ1) is 10.5. The Bertz CT molecular complexity index is 339. The van der Waals surface area contributed by atoms with Crippen LogP contribution in [0, 0.1) is 17.0 Å². The van der Waals surface area contributed by atoms with Crippen LogP contribution in [0.2, 0.25) is 0 Å². The maximum atomic E-state index is 10.6. The third kappa shape index (κ3) is 2.43. The number of nitrogens with zero attached hydrogens (tertiary/aromatic N) is 1. The highest BCUT2D eigenvalue weighted by molar-refractivity contribution is 5.54. The molecule has 0 radical (unpaired) electrons. The number of hydrogen-bond acceptors (Lipinski definition) is 4. The first-order chi connectivity index (χ1) is 6.65. The summed E-state index contributed by atoms with van der Waals surface area (Å²) in [6.45, 7) is 2.83. The van der Waals surface area contributed by atoms with Crippen LogP contribution in [0.25, 0.3) is 0 Å². The SMILES string of the molecule is Cc1ccc(NCCN)cc1[N+](=O)[O-]. The Balaban J connectivity index is 2.89. The molecule has 0 aliphatic rings. The molecule has 1 aromatic carbocycles. The van der Waals surface area contributed by atoms with Gasteiger partial charge in [-0.15, -0.1) is 0 Å². The molecular formula is C9H13N3O2. The molecule has 0 aliphatic carbocycles. The smallest absolute Gasteiger partial charge is 0.274 e.